The number of fused-ring (bicyclic) bond motifs is 1. The predicted octanol–water partition coefficient (Wildman–Crippen LogP) is 0.600. The molecular formula is C17H23N4O4S+. The first kappa shape index (κ1) is 18.4. The van der Waals surface area contributed by atoms with Crippen LogP contribution < -0.4 is 15.0 Å². The Morgan fingerprint density at radius 3 is 2.81 bits per heavy atom. The summed E-state index contributed by atoms with van der Waals surface area (Å²) < 4.78 is 11.2. The lowest BCUT2D eigenvalue weighted by Gasteiger charge is -2.31. The van der Waals surface area contributed by atoms with Crippen molar-refractivity contribution in [3.8, 4) is 5.75 Å². The fourth-order valence-electron chi connectivity index (χ4n) is 2.87. The fourth-order valence-corrected chi connectivity index (χ4v) is 3.78. The fraction of sp³-hybridized carbons (Fsp3) is 0.471. The smallest absolute Gasteiger partial charge is 0.410 e. The molecule has 1 fully saturated rings. The zero-order valence-corrected chi connectivity index (χ0v) is 15.7. The molecule has 0 bridgehead atoms. The van der Waals surface area contributed by atoms with E-state index in [1.807, 2.05) is 18.2 Å². The van der Waals surface area contributed by atoms with Gasteiger partial charge in [-0.1, -0.05) is 11.3 Å². The summed E-state index contributed by atoms with van der Waals surface area (Å²) in [6.45, 7) is 5.18. The number of piperazine rings is 1. The summed E-state index contributed by atoms with van der Waals surface area (Å²) in [5, 5.41) is 3.46. The molecule has 8 nitrogen and oxygen atoms in total. The topological polar surface area (TPSA) is 85.2 Å². The van der Waals surface area contributed by atoms with Crippen LogP contribution in [0.15, 0.2) is 18.2 Å². The molecule has 1 aromatic carbocycles. The Hall–Kier alpha value is -2.39. The van der Waals surface area contributed by atoms with E-state index in [9.17, 15) is 9.59 Å². The second kappa shape index (κ2) is 8.33. The van der Waals surface area contributed by atoms with E-state index in [-0.39, 0.29) is 12.0 Å². The second-order valence-electron chi connectivity index (χ2n) is 6.01. The Bertz CT molecular complexity index is 786. The Morgan fingerprint density at radius 1 is 1.35 bits per heavy atom. The largest absolute Gasteiger partial charge is 0.497 e. The first-order valence-corrected chi connectivity index (χ1v) is 9.40. The maximum Gasteiger partial charge on any atom is 0.410 e. The number of amides is 2. The number of quaternary nitrogens is 1. The minimum absolute atomic E-state index is 0.0735. The highest BCUT2D eigenvalue weighted by atomic mass is 32.1. The number of benzene rings is 1. The molecule has 0 radical (unpaired) electrons. The monoisotopic (exact) mass is 379 g/mol. The number of hydrogen-bond acceptors (Lipinski definition) is 6. The summed E-state index contributed by atoms with van der Waals surface area (Å²) in [7, 11) is 1.62. The average Bonchev–Trinajstić information content (AvgIpc) is 3.03. The van der Waals surface area contributed by atoms with Crippen molar-refractivity contribution < 1.29 is 24.0 Å². The molecule has 26 heavy (non-hydrogen) atoms. The molecule has 0 unspecified atom stereocenters. The average molecular weight is 379 g/mol. The van der Waals surface area contributed by atoms with Gasteiger partial charge in [-0.05, 0) is 25.1 Å². The third-order valence-electron chi connectivity index (χ3n) is 4.25. The highest BCUT2D eigenvalue weighted by Crippen LogP contribution is 2.28. The zero-order chi connectivity index (χ0) is 18.5. The summed E-state index contributed by atoms with van der Waals surface area (Å²) in [6.07, 6.45) is -0.277. The number of carbonyl (C=O) groups excluding carboxylic acids is 2. The summed E-state index contributed by atoms with van der Waals surface area (Å²) in [5.41, 5.74) is 0.835. The van der Waals surface area contributed by atoms with E-state index in [1.54, 1.807) is 18.9 Å². The van der Waals surface area contributed by atoms with Gasteiger partial charge in [0.25, 0.3) is 5.91 Å². The van der Waals surface area contributed by atoms with E-state index in [1.165, 1.54) is 11.3 Å². The summed E-state index contributed by atoms with van der Waals surface area (Å²) in [5.74, 6) is 0.693. The van der Waals surface area contributed by atoms with Gasteiger partial charge in [0.05, 0.1) is 50.1 Å². The van der Waals surface area contributed by atoms with E-state index < -0.39 is 0 Å². The van der Waals surface area contributed by atoms with Gasteiger partial charge in [0, 0.05) is 0 Å². The van der Waals surface area contributed by atoms with Crippen LogP contribution in [0.1, 0.15) is 6.92 Å². The number of nitrogens with zero attached hydrogens (tertiary/aromatic N) is 2. The molecule has 140 valence electrons. The van der Waals surface area contributed by atoms with Gasteiger partial charge in [0.2, 0.25) is 0 Å². The summed E-state index contributed by atoms with van der Waals surface area (Å²) >= 11 is 1.43. The highest BCUT2D eigenvalue weighted by molar-refractivity contribution is 7.22. The number of ether oxygens (including phenoxy) is 2. The van der Waals surface area contributed by atoms with Crippen LogP contribution in [-0.4, -0.2) is 68.3 Å². The van der Waals surface area contributed by atoms with Crippen LogP contribution in [-0.2, 0) is 9.53 Å². The van der Waals surface area contributed by atoms with Crippen molar-refractivity contribution in [3.05, 3.63) is 18.2 Å². The molecular weight excluding hydrogens is 356 g/mol. The number of nitrogens with one attached hydrogen (secondary N) is 2. The second-order valence-corrected chi connectivity index (χ2v) is 7.04. The molecule has 1 aliphatic heterocycles. The third-order valence-corrected chi connectivity index (χ3v) is 5.18. The molecule has 0 spiro atoms. The molecule has 2 amide bonds. The lowest BCUT2D eigenvalue weighted by Crippen LogP contribution is -3.15. The van der Waals surface area contributed by atoms with Gasteiger partial charge >= 0.3 is 6.09 Å². The van der Waals surface area contributed by atoms with Crippen LogP contribution in [0.25, 0.3) is 10.2 Å². The van der Waals surface area contributed by atoms with E-state index in [4.69, 9.17) is 9.47 Å². The van der Waals surface area contributed by atoms with Gasteiger partial charge in [-0.25, -0.2) is 9.78 Å². The zero-order valence-electron chi connectivity index (χ0n) is 14.9. The number of rotatable bonds is 5. The standard InChI is InChI=1S/C17H22N4O4S/c1-3-25-17(23)21-8-6-20(7-9-21)11-15(22)19-16-18-13-5-4-12(24-2)10-14(13)26-16/h4-5,10H,3,6-9,11H2,1-2H3,(H,18,19,22)/p+1. The molecule has 3 rings (SSSR count). The van der Waals surface area contributed by atoms with Crippen LogP contribution in [0.2, 0.25) is 0 Å². The number of methoxy groups -OCH3 is 1. The van der Waals surface area contributed by atoms with Gasteiger partial charge < -0.3 is 14.4 Å². The lowest BCUT2D eigenvalue weighted by molar-refractivity contribution is -0.895. The molecule has 2 aromatic rings. The van der Waals surface area contributed by atoms with Gasteiger partial charge in [0.15, 0.2) is 11.7 Å². The van der Waals surface area contributed by atoms with E-state index in [2.05, 4.69) is 10.3 Å². The van der Waals surface area contributed by atoms with Crippen LogP contribution in [0.4, 0.5) is 9.93 Å². The normalized spacial score (nSPS) is 15.1. The number of thiazole rings is 1. The van der Waals surface area contributed by atoms with Crippen LogP contribution in [0, 0.1) is 0 Å². The van der Waals surface area contributed by atoms with Crippen LogP contribution >= 0.6 is 11.3 Å². The Kier molecular flexibility index (Phi) is 5.89. The molecule has 2 heterocycles. The van der Waals surface area contributed by atoms with Crippen molar-refractivity contribution in [1.82, 2.24) is 9.88 Å². The minimum atomic E-state index is -0.277. The molecule has 2 N–H and O–H groups in total. The van der Waals surface area contributed by atoms with Crippen molar-refractivity contribution in [2.75, 3.05) is 51.8 Å². The number of anilines is 1. The number of aromatic nitrogens is 1. The van der Waals surface area contributed by atoms with Gasteiger partial charge in [0.1, 0.15) is 5.75 Å². The van der Waals surface area contributed by atoms with Crippen LogP contribution in [0.3, 0.4) is 0 Å². The highest BCUT2D eigenvalue weighted by Gasteiger charge is 2.26. The Labute approximate surface area is 155 Å². The molecule has 0 aliphatic carbocycles. The van der Waals surface area contributed by atoms with Gasteiger partial charge in [-0.2, -0.15) is 0 Å². The van der Waals surface area contributed by atoms with Crippen molar-refractivity contribution in [2.45, 2.75) is 6.92 Å². The van der Waals surface area contributed by atoms with E-state index >= 15 is 0 Å². The summed E-state index contributed by atoms with van der Waals surface area (Å²) in [4.78, 5) is 31.3. The lowest BCUT2D eigenvalue weighted by atomic mass is 10.3. The quantitative estimate of drug-likeness (QED) is 0.795. The van der Waals surface area contributed by atoms with Gasteiger partial charge in [-0.15, -0.1) is 0 Å². The number of hydrogen-bond donors (Lipinski definition) is 2. The molecule has 0 saturated carbocycles. The van der Waals surface area contributed by atoms with Crippen molar-refractivity contribution in [2.24, 2.45) is 0 Å². The minimum Gasteiger partial charge on any atom is -0.497 e. The first-order valence-electron chi connectivity index (χ1n) is 8.58. The van der Waals surface area contributed by atoms with Gasteiger partial charge in [-0.3, -0.25) is 15.0 Å². The SMILES string of the molecule is CCOC(=O)N1CC[NH+](CC(=O)Nc2nc3ccc(OC)cc3s2)CC1. The van der Waals surface area contributed by atoms with E-state index in [0.29, 0.717) is 31.4 Å². The third kappa shape index (κ3) is 4.41. The summed E-state index contributed by atoms with van der Waals surface area (Å²) in [6, 6.07) is 5.63. The predicted molar refractivity (Wildman–Crippen MR) is 99.0 cm³/mol. The molecule has 1 aromatic heterocycles. The van der Waals surface area contributed by atoms with Crippen LogP contribution in [0.5, 0.6) is 5.75 Å². The van der Waals surface area contributed by atoms with E-state index in [0.717, 1.165) is 34.0 Å². The molecule has 1 saturated heterocycles. The first-order chi connectivity index (χ1) is 12.6. The molecule has 9 heteroatoms. The van der Waals surface area contributed by atoms with Crippen molar-refractivity contribution >= 4 is 38.7 Å². The Morgan fingerprint density at radius 2 is 2.12 bits per heavy atom. The maximum absolute atomic E-state index is 12.3. The number of carbonyl (C=O) groups is 2. The molecule has 0 atom stereocenters. The Balaban J connectivity index is 1.51. The van der Waals surface area contributed by atoms with Crippen molar-refractivity contribution in [1.29, 1.82) is 0 Å². The maximum atomic E-state index is 12.3. The molecule has 1 aliphatic rings. The van der Waals surface area contributed by atoms with Crippen molar-refractivity contribution in [3.63, 3.8) is 0 Å².